The minimum atomic E-state index is -0.420. The lowest BCUT2D eigenvalue weighted by atomic mass is 10.0. The topological polar surface area (TPSA) is 81.1 Å². The summed E-state index contributed by atoms with van der Waals surface area (Å²) in [4.78, 5) is 11.3. The van der Waals surface area contributed by atoms with Crippen LogP contribution in [0.15, 0.2) is 18.2 Å². The zero-order valence-electron chi connectivity index (χ0n) is 10.3. The number of benzene rings is 1. The molecular formula is C13H19N3OS. The first kappa shape index (κ1) is 13.1. The van der Waals surface area contributed by atoms with Gasteiger partial charge in [-0.1, -0.05) is 0 Å². The third-order valence-electron chi connectivity index (χ3n) is 3.23. The molecule has 1 aromatic rings. The molecule has 1 fully saturated rings. The first-order valence-corrected chi connectivity index (χ1v) is 7.33. The van der Waals surface area contributed by atoms with Crippen LogP contribution in [0.25, 0.3) is 0 Å². The number of nitrogens with two attached hydrogens (primary N) is 2. The zero-order chi connectivity index (χ0) is 13.0. The van der Waals surface area contributed by atoms with Crippen LogP contribution in [0.1, 0.15) is 23.2 Å². The van der Waals surface area contributed by atoms with E-state index in [1.807, 2.05) is 11.8 Å². The molecule has 0 saturated carbocycles. The zero-order valence-corrected chi connectivity index (χ0v) is 11.1. The van der Waals surface area contributed by atoms with E-state index in [2.05, 4.69) is 5.32 Å². The van der Waals surface area contributed by atoms with E-state index in [4.69, 9.17) is 11.5 Å². The van der Waals surface area contributed by atoms with Crippen molar-refractivity contribution in [1.82, 2.24) is 0 Å². The second-order valence-electron chi connectivity index (χ2n) is 4.61. The lowest BCUT2D eigenvalue weighted by Gasteiger charge is -2.22. The van der Waals surface area contributed by atoms with Crippen LogP contribution in [0.3, 0.4) is 0 Å². The van der Waals surface area contributed by atoms with Crippen molar-refractivity contribution in [2.24, 2.45) is 11.7 Å². The molecule has 0 aliphatic carbocycles. The molecule has 2 rings (SSSR count). The van der Waals surface area contributed by atoms with Crippen molar-refractivity contribution >= 4 is 29.0 Å². The van der Waals surface area contributed by atoms with Crippen LogP contribution in [-0.2, 0) is 0 Å². The van der Waals surface area contributed by atoms with Crippen molar-refractivity contribution in [2.45, 2.75) is 12.8 Å². The minimum absolute atomic E-state index is 0.420. The summed E-state index contributed by atoms with van der Waals surface area (Å²) in [5, 5.41) is 3.32. The lowest BCUT2D eigenvalue weighted by Crippen LogP contribution is -2.21. The number of amides is 1. The van der Waals surface area contributed by atoms with Crippen LogP contribution in [0.5, 0.6) is 0 Å². The van der Waals surface area contributed by atoms with Gasteiger partial charge in [-0.3, -0.25) is 4.79 Å². The molecule has 1 aliphatic heterocycles. The van der Waals surface area contributed by atoms with E-state index in [1.54, 1.807) is 18.2 Å². The van der Waals surface area contributed by atoms with Gasteiger partial charge >= 0.3 is 0 Å². The fourth-order valence-electron chi connectivity index (χ4n) is 2.13. The Hall–Kier alpha value is -1.36. The summed E-state index contributed by atoms with van der Waals surface area (Å²) in [6.45, 7) is 0.879. The highest BCUT2D eigenvalue weighted by atomic mass is 32.2. The van der Waals surface area contributed by atoms with Crippen LogP contribution >= 0.6 is 11.8 Å². The Morgan fingerprint density at radius 1 is 1.39 bits per heavy atom. The van der Waals surface area contributed by atoms with E-state index < -0.39 is 5.91 Å². The van der Waals surface area contributed by atoms with Crippen LogP contribution in [0.4, 0.5) is 11.4 Å². The first-order chi connectivity index (χ1) is 8.66. The van der Waals surface area contributed by atoms with Gasteiger partial charge in [0.1, 0.15) is 0 Å². The summed E-state index contributed by atoms with van der Waals surface area (Å²) in [5.74, 6) is 2.71. The molecule has 0 radical (unpaired) electrons. The molecule has 0 atom stereocenters. The molecule has 1 saturated heterocycles. The monoisotopic (exact) mass is 265 g/mol. The summed E-state index contributed by atoms with van der Waals surface area (Å²) in [6.07, 6.45) is 2.46. The maximum absolute atomic E-state index is 11.3. The van der Waals surface area contributed by atoms with E-state index in [1.165, 1.54) is 24.3 Å². The fraction of sp³-hybridized carbons (Fsp3) is 0.462. The summed E-state index contributed by atoms with van der Waals surface area (Å²) in [6, 6.07) is 5.15. The number of nitrogen functional groups attached to an aromatic ring is 1. The van der Waals surface area contributed by atoms with Crippen LogP contribution < -0.4 is 16.8 Å². The van der Waals surface area contributed by atoms with E-state index in [9.17, 15) is 4.79 Å². The van der Waals surface area contributed by atoms with Crippen LogP contribution in [0.2, 0.25) is 0 Å². The molecule has 0 bridgehead atoms. The van der Waals surface area contributed by atoms with Gasteiger partial charge in [0.2, 0.25) is 0 Å². The highest BCUT2D eigenvalue weighted by Gasteiger charge is 2.15. The van der Waals surface area contributed by atoms with Crippen LogP contribution in [-0.4, -0.2) is 24.0 Å². The number of carbonyl (C=O) groups is 1. The van der Waals surface area contributed by atoms with Crippen LogP contribution in [0, 0.1) is 5.92 Å². The van der Waals surface area contributed by atoms with Gasteiger partial charge in [-0.05, 0) is 48.5 Å². The number of rotatable bonds is 4. The average Bonchev–Trinajstić information content (AvgIpc) is 2.37. The van der Waals surface area contributed by atoms with Crippen molar-refractivity contribution in [3.05, 3.63) is 23.8 Å². The highest BCUT2D eigenvalue weighted by Crippen LogP contribution is 2.24. The van der Waals surface area contributed by atoms with E-state index in [-0.39, 0.29) is 0 Å². The molecule has 98 valence electrons. The second kappa shape index (κ2) is 6.00. The van der Waals surface area contributed by atoms with Crippen molar-refractivity contribution < 1.29 is 4.79 Å². The Morgan fingerprint density at radius 3 is 2.78 bits per heavy atom. The second-order valence-corrected chi connectivity index (χ2v) is 5.83. The average molecular weight is 265 g/mol. The molecule has 1 amide bonds. The highest BCUT2D eigenvalue weighted by molar-refractivity contribution is 7.99. The number of primary amides is 1. The normalized spacial score (nSPS) is 16.4. The first-order valence-electron chi connectivity index (χ1n) is 6.18. The van der Waals surface area contributed by atoms with Gasteiger partial charge in [-0.2, -0.15) is 11.8 Å². The summed E-state index contributed by atoms with van der Waals surface area (Å²) in [5.41, 5.74) is 13.0. The Labute approximate surface area is 111 Å². The summed E-state index contributed by atoms with van der Waals surface area (Å²) < 4.78 is 0. The SMILES string of the molecule is NC(=O)c1ccc(N)cc1NCC1CCSCC1. The van der Waals surface area contributed by atoms with Crippen molar-refractivity contribution in [1.29, 1.82) is 0 Å². The molecule has 18 heavy (non-hydrogen) atoms. The maximum atomic E-state index is 11.3. The number of thioether (sulfide) groups is 1. The number of hydrogen-bond acceptors (Lipinski definition) is 4. The van der Waals surface area contributed by atoms with E-state index in [0.29, 0.717) is 17.2 Å². The number of hydrogen-bond donors (Lipinski definition) is 3. The third-order valence-corrected chi connectivity index (χ3v) is 4.28. The van der Waals surface area contributed by atoms with E-state index in [0.717, 1.165) is 12.2 Å². The largest absolute Gasteiger partial charge is 0.399 e. The molecule has 1 aliphatic rings. The van der Waals surface area contributed by atoms with Crippen molar-refractivity contribution in [3.63, 3.8) is 0 Å². The molecule has 0 spiro atoms. The van der Waals surface area contributed by atoms with Gasteiger partial charge in [0.05, 0.1) is 5.56 Å². The van der Waals surface area contributed by atoms with Gasteiger partial charge in [0.25, 0.3) is 5.91 Å². The molecule has 1 heterocycles. The number of carbonyl (C=O) groups excluding carboxylic acids is 1. The smallest absolute Gasteiger partial charge is 0.250 e. The standard InChI is InChI=1S/C13H19N3OS/c14-10-1-2-11(13(15)17)12(7-10)16-8-9-3-5-18-6-4-9/h1-2,7,9,16H,3-6,8,14H2,(H2,15,17). The lowest BCUT2D eigenvalue weighted by molar-refractivity contribution is 0.100. The third kappa shape index (κ3) is 3.32. The van der Waals surface area contributed by atoms with Gasteiger partial charge in [0, 0.05) is 17.9 Å². The quantitative estimate of drug-likeness (QED) is 0.727. The van der Waals surface area contributed by atoms with Gasteiger partial charge in [-0.15, -0.1) is 0 Å². The maximum Gasteiger partial charge on any atom is 0.250 e. The summed E-state index contributed by atoms with van der Waals surface area (Å²) >= 11 is 2.01. The molecule has 1 aromatic carbocycles. The molecule has 0 aromatic heterocycles. The predicted molar refractivity (Wildman–Crippen MR) is 77.9 cm³/mol. The van der Waals surface area contributed by atoms with Crippen molar-refractivity contribution in [2.75, 3.05) is 29.1 Å². The predicted octanol–water partition coefficient (Wildman–Crippen LogP) is 1.92. The molecule has 5 heteroatoms. The van der Waals surface area contributed by atoms with Gasteiger partial charge in [0.15, 0.2) is 0 Å². The van der Waals surface area contributed by atoms with Crippen molar-refractivity contribution in [3.8, 4) is 0 Å². The molecular weight excluding hydrogens is 246 g/mol. The molecule has 0 unspecified atom stereocenters. The molecule has 4 nitrogen and oxygen atoms in total. The van der Waals surface area contributed by atoms with Gasteiger partial charge in [-0.25, -0.2) is 0 Å². The van der Waals surface area contributed by atoms with Gasteiger partial charge < -0.3 is 16.8 Å². The molecule has 5 N–H and O–H groups in total. The Bertz CT molecular complexity index is 430. The number of nitrogens with one attached hydrogen (secondary N) is 1. The number of anilines is 2. The summed E-state index contributed by atoms with van der Waals surface area (Å²) in [7, 11) is 0. The fourth-order valence-corrected chi connectivity index (χ4v) is 3.33. The Kier molecular flexibility index (Phi) is 4.36. The Morgan fingerprint density at radius 2 is 2.11 bits per heavy atom. The minimum Gasteiger partial charge on any atom is -0.399 e. The van der Waals surface area contributed by atoms with E-state index >= 15 is 0 Å². The Balaban J connectivity index is 2.03.